The topological polar surface area (TPSA) is 112 Å². The van der Waals surface area contributed by atoms with E-state index in [9.17, 15) is 14.7 Å². The number of aliphatic hydroxyl groups excluding tert-OH is 1. The number of nitrogens with zero attached hydrogens (tertiary/aromatic N) is 2. The number of likely N-dealkylation sites (tertiary alicyclic amines) is 2. The summed E-state index contributed by atoms with van der Waals surface area (Å²) < 4.78 is 13.2. The van der Waals surface area contributed by atoms with Gasteiger partial charge in [-0.15, -0.1) is 0 Å². The number of carbonyl (C=O) groups excluding carboxylic acids is 1. The zero-order chi connectivity index (χ0) is 29.3. The predicted molar refractivity (Wildman–Crippen MR) is 160 cm³/mol. The molecule has 3 aliphatic rings. The van der Waals surface area contributed by atoms with Crippen LogP contribution < -0.4 is 5.32 Å². The van der Waals surface area contributed by atoms with Gasteiger partial charge in [0.25, 0.3) is 0 Å². The average molecular weight is 580 g/mol. The number of carbonyl (C=O) groups is 2. The number of carboxylic acid groups (broad SMARTS) is 1. The van der Waals surface area contributed by atoms with Gasteiger partial charge in [0.15, 0.2) is 6.29 Å². The molecule has 9 heteroatoms. The Morgan fingerprint density at radius 1 is 0.905 bits per heavy atom. The molecule has 3 aliphatic heterocycles. The van der Waals surface area contributed by atoms with Gasteiger partial charge in [0.2, 0.25) is 5.91 Å². The average Bonchev–Trinajstić information content (AvgIpc) is 3.68. The number of anilines is 1. The second kappa shape index (κ2) is 15.1. The maximum Gasteiger partial charge on any atom is 0.303 e. The molecule has 9 nitrogen and oxygen atoms in total. The van der Waals surface area contributed by atoms with E-state index in [-0.39, 0.29) is 37.6 Å². The SMILES string of the molecule is O=C(O)CCCCC(=O)Nc1cccc([C@@H]2O[C@H](CN3CCC[C@H]3CN3CCCC3)C[C@H](c3ccc(CO)cc3)O2)c1. The monoisotopic (exact) mass is 579 g/mol. The van der Waals surface area contributed by atoms with E-state index in [1.54, 1.807) is 0 Å². The highest BCUT2D eigenvalue weighted by molar-refractivity contribution is 5.90. The molecule has 4 atom stereocenters. The zero-order valence-electron chi connectivity index (χ0n) is 24.5. The van der Waals surface area contributed by atoms with Crippen LogP contribution in [-0.4, -0.2) is 76.8 Å². The van der Waals surface area contributed by atoms with Crippen LogP contribution in [0, 0.1) is 0 Å². The highest BCUT2D eigenvalue weighted by Crippen LogP contribution is 2.39. The van der Waals surface area contributed by atoms with Gasteiger partial charge in [-0.3, -0.25) is 14.5 Å². The summed E-state index contributed by atoms with van der Waals surface area (Å²) in [6.45, 7) is 5.51. The molecule has 0 saturated carbocycles. The Hall–Kier alpha value is -2.82. The second-order valence-electron chi connectivity index (χ2n) is 11.9. The van der Waals surface area contributed by atoms with Crippen LogP contribution in [0.25, 0.3) is 0 Å². The molecule has 3 fully saturated rings. The Bertz CT molecular complexity index is 1170. The lowest BCUT2D eigenvalue weighted by atomic mass is 9.99. The van der Waals surface area contributed by atoms with Crippen molar-refractivity contribution in [2.24, 2.45) is 0 Å². The summed E-state index contributed by atoms with van der Waals surface area (Å²) in [5.74, 6) is -0.982. The van der Waals surface area contributed by atoms with Crippen LogP contribution in [0.1, 0.15) is 86.9 Å². The molecule has 0 spiro atoms. The van der Waals surface area contributed by atoms with E-state index in [0.717, 1.165) is 42.7 Å². The summed E-state index contributed by atoms with van der Waals surface area (Å²) in [5, 5.41) is 21.3. The molecule has 5 rings (SSSR count). The minimum Gasteiger partial charge on any atom is -0.481 e. The number of aliphatic hydroxyl groups is 1. The molecular weight excluding hydrogens is 534 g/mol. The van der Waals surface area contributed by atoms with E-state index in [1.165, 1.54) is 38.8 Å². The van der Waals surface area contributed by atoms with Crippen LogP contribution in [0.2, 0.25) is 0 Å². The second-order valence-corrected chi connectivity index (χ2v) is 11.9. The molecule has 0 aromatic heterocycles. The molecule has 0 radical (unpaired) electrons. The van der Waals surface area contributed by atoms with Gasteiger partial charge in [-0.2, -0.15) is 0 Å². The van der Waals surface area contributed by atoms with Gasteiger partial charge in [-0.05, 0) is 81.4 Å². The summed E-state index contributed by atoms with van der Waals surface area (Å²) in [6.07, 6.45) is 6.39. The van der Waals surface area contributed by atoms with Gasteiger partial charge in [0.1, 0.15) is 0 Å². The van der Waals surface area contributed by atoms with Gasteiger partial charge in [-0.25, -0.2) is 0 Å². The molecular formula is C33H45N3O6. The van der Waals surface area contributed by atoms with Crippen molar-refractivity contribution in [2.75, 3.05) is 38.0 Å². The van der Waals surface area contributed by atoms with Crippen molar-refractivity contribution < 1.29 is 29.3 Å². The summed E-state index contributed by atoms with van der Waals surface area (Å²) in [6, 6.07) is 16.1. The van der Waals surface area contributed by atoms with E-state index in [2.05, 4.69) is 15.1 Å². The Kier molecular flexibility index (Phi) is 11.0. The van der Waals surface area contributed by atoms with Gasteiger partial charge in [0, 0.05) is 49.6 Å². The third-order valence-electron chi connectivity index (χ3n) is 8.71. The number of aliphatic carboxylic acids is 1. The Labute approximate surface area is 248 Å². The maximum absolute atomic E-state index is 12.5. The van der Waals surface area contributed by atoms with Crippen molar-refractivity contribution >= 4 is 17.6 Å². The zero-order valence-corrected chi connectivity index (χ0v) is 24.5. The molecule has 2 aromatic carbocycles. The number of ether oxygens (including phenoxy) is 2. The normalized spacial score (nSPS) is 25.1. The highest BCUT2D eigenvalue weighted by Gasteiger charge is 2.36. The lowest BCUT2D eigenvalue weighted by Crippen LogP contribution is -2.45. The third-order valence-corrected chi connectivity index (χ3v) is 8.71. The molecule has 42 heavy (non-hydrogen) atoms. The van der Waals surface area contributed by atoms with Crippen LogP contribution in [0.3, 0.4) is 0 Å². The predicted octanol–water partition coefficient (Wildman–Crippen LogP) is 4.87. The van der Waals surface area contributed by atoms with E-state index in [0.29, 0.717) is 24.6 Å². The van der Waals surface area contributed by atoms with E-state index in [1.807, 2.05) is 48.5 Å². The fourth-order valence-corrected chi connectivity index (χ4v) is 6.45. The minimum atomic E-state index is -0.844. The van der Waals surface area contributed by atoms with Crippen LogP contribution in [0.4, 0.5) is 5.69 Å². The van der Waals surface area contributed by atoms with Gasteiger partial charge in [-0.1, -0.05) is 36.4 Å². The van der Waals surface area contributed by atoms with Crippen molar-refractivity contribution in [3.63, 3.8) is 0 Å². The van der Waals surface area contributed by atoms with Crippen molar-refractivity contribution in [3.05, 3.63) is 65.2 Å². The summed E-state index contributed by atoms with van der Waals surface area (Å²) >= 11 is 0. The van der Waals surface area contributed by atoms with Gasteiger partial charge < -0.3 is 29.9 Å². The summed E-state index contributed by atoms with van der Waals surface area (Å²) in [5.41, 5.74) is 3.44. The van der Waals surface area contributed by atoms with Crippen LogP contribution in [0.5, 0.6) is 0 Å². The molecule has 0 bridgehead atoms. The number of unbranched alkanes of at least 4 members (excludes halogenated alkanes) is 1. The standard InChI is InChI=1S/C33H45N3O6/c37-23-24-12-14-25(15-13-24)30-20-29(22-36-18-6-9-28(36)21-35-16-3-4-17-35)41-33(42-30)26-7-5-8-27(19-26)34-31(38)10-1-2-11-32(39)40/h5,7-8,12-15,19,28-30,33,37H,1-4,6,9-11,16-18,20-23H2,(H,34,38)(H,39,40)/t28-,29-,30+,33+/m0/s1. The molecule has 3 heterocycles. The lowest BCUT2D eigenvalue weighted by molar-refractivity contribution is -0.253. The lowest BCUT2D eigenvalue weighted by Gasteiger charge is -2.39. The Morgan fingerprint density at radius 3 is 2.45 bits per heavy atom. The summed E-state index contributed by atoms with van der Waals surface area (Å²) in [4.78, 5) is 28.4. The maximum atomic E-state index is 12.5. The van der Waals surface area contributed by atoms with Gasteiger partial charge in [0.05, 0.1) is 18.8 Å². The molecule has 3 saturated heterocycles. The Balaban J connectivity index is 1.27. The van der Waals surface area contributed by atoms with E-state index < -0.39 is 12.3 Å². The van der Waals surface area contributed by atoms with E-state index >= 15 is 0 Å². The smallest absolute Gasteiger partial charge is 0.303 e. The Morgan fingerprint density at radius 2 is 1.69 bits per heavy atom. The number of amides is 1. The number of nitrogens with one attached hydrogen (secondary N) is 1. The fraction of sp³-hybridized carbons (Fsp3) is 0.576. The highest BCUT2D eigenvalue weighted by atomic mass is 16.7. The first-order valence-corrected chi connectivity index (χ1v) is 15.6. The fourth-order valence-electron chi connectivity index (χ4n) is 6.45. The molecule has 0 unspecified atom stereocenters. The van der Waals surface area contributed by atoms with Crippen LogP contribution in [-0.2, 0) is 25.7 Å². The quantitative estimate of drug-likeness (QED) is 0.288. The van der Waals surface area contributed by atoms with Crippen molar-refractivity contribution in [1.29, 1.82) is 0 Å². The number of carboxylic acids is 1. The molecule has 0 aliphatic carbocycles. The number of hydrogen-bond acceptors (Lipinski definition) is 7. The number of rotatable bonds is 13. The first kappa shape index (κ1) is 30.6. The van der Waals surface area contributed by atoms with Crippen LogP contribution >= 0.6 is 0 Å². The number of hydrogen-bond donors (Lipinski definition) is 3. The van der Waals surface area contributed by atoms with Crippen LogP contribution in [0.15, 0.2) is 48.5 Å². The van der Waals surface area contributed by atoms with Crippen molar-refractivity contribution in [2.45, 2.75) is 88.9 Å². The minimum absolute atomic E-state index is 0.00556. The largest absolute Gasteiger partial charge is 0.481 e. The van der Waals surface area contributed by atoms with Gasteiger partial charge >= 0.3 is 5.97 Å². The van der Waals surface area contributed by atoms with E-state index in [4.69, 9.17) is 14.6 Å². The summed E-state index contributed by atoms with van der Waals surface area (Å²) in [7, 11) is 0. The molecule has 1 amide bonds. The first-order chi connectivity index (χ1) is 20.5. The molecule has 2 aromatic rings. The first-order valence-electron chi connectivity index (χ1n) is 15.6. The third kappa shape index (κ3) is 8.61. The molecule has 3 N–H and O–H groups in total. The van der Waals surface area contributed by atoms with Crippen molar-refractivity contribution in [3.8, 4) is 0 Å². The molecule has 228 valence electrons. The number of benzene rings is 2. The van der Waals surface area contributed by atoms with Crippen molar-refractivity contribution in [1.82, 2.24) is 9.80 Å².